The Morgan fingerprint density at radius 1 is 1.18 bits per heavy atom. The molecule has 1 N–H and O–H groups in total. The molecule has 0 aromatic heterocycles. The minimum Gasteiger partial charge on any atom is -0.497 e. The molecule has 1 saturated heterocycles. The standard InChI is InChI=1S/C21H23BrN2O4/c1-27-16-8-9-17(19(12-16)28-2)18-7-4-10-24(18)20(25)13-23-21(26)14-5-3-6-15(22)11-14/h3,5-6,8-9,11-12,18H,4,7,10,13H2,1-2H3,(H,23,26). The zero-order valence-corrected chi connectivity index (χ0v) is 17.5. The molecule has 148 valence electrons. The molecule has 0 radical (unpaired) electrons. The molecule has 28 heavy (non-hydrogen) atoms. The number of hydrogen-bond donors (Lipinski definition) is 1. The highest BCUT2D eigenvalue weighted by molar-refractivity contribution is 9.10. The molecule has 7 heteroatoms. The molecular weight excluding hydrogens is 424 g/mol. The van der Waals surface area contributed by atoms with E-state index in [0.29, 0.717) is 23.6 Å². The molecular formula is C21H23BrN2O4. The number of halogens is 1. The summed E-state index contributed by atoms with van der Waals surface area (Å²) < 4.78 is 11.6. The summed E-state index contributed by atoms with van der Waals surface area (Å²) in [5.74, 6) is 1.02. The Hall–Kier alpha value is -2.54. The summed E-state index contributed by atoms with van der Waals surface area (Å²) in [6, 6.07) is 12.6. The minimum absolute atomic E-state index is 0.0414. The van der Waals surface area contributed by atoms with Gasteiger partial charge < -0.3 is 19.7 Å². The second kappa shape index (κ2) is 9.10. The van der Waals surface area contributed by atoms with Crippen LogP contribution in [-0.2, 0) is 4.79 Å². The quantitative estimate of drug-likeness (QED) is 0.736. The van der Waals surface area contributed by atoms with Gasteiger partial charge in [-0.05, 0) is 43.2 Å². The number of hydrogen-bond acceptors (Lipinski definition) is 4. The molecule has 1 aliphatic heterocycles. The molecule has 1 aliphatic rings. The van der Waals surface area contributed by atoms with Crippen LogP contribution < -0.4 is 14.8 Å². The van der Waals surface area contributed by atoms with Crippen molar-refractivity contribution >= 4 is 27.7 Å². The highest BCUT2D eigenvalue weighted by Gasteiger charge is 2.32. The second-order valence-corrected chi connectivity index (χ2v) is 7.46. The normalized spacial score (nSPS) is 16.0. The Kier molecular flexibility index (Phi) is 6.57. The van der Waals surface area contributed by atoms with Crippen LogP contribution in [0, 0.1) is 0 Å². The van der Waals surface area contributed by atoms with Crippen molar-refractivity contribution in [3.8, 4) is 11.5 Å². The summed E-state index contributed by atoms with van der Waals surface area (Å²) in [5, 5.41) is 2.72. The number of nitrogens with zero attached hydrogens (tertiary/aromatic N) is 1. The molecule has 3 rings (SSSR count). The van der Waals surface area contributed by atoms with Crippen molar-refractivity contribution in [2.45, 2.75) is 18.9 Å². The lowest BCUT2D eigenvalue weighted by molar-refractivity contribution is -0.131. The molecule has 2 aromatic rings. The topological polar surface area (TPSA) is 67.9 Å². The third kappa shape index (κ3) is 4.47. The van der Waals surface area contributed by atoms with E-state index in [2.05, 4.69) is 21.2 Å². The number of carbonyl (C=O) groups excluding carboxylic acids is 2. The average molecular weight is 447 g/mol. The third-order valence-corrected chi connectivity index (χ3v) is 5.35. The monoisotopic (exact) mass is 446 g/mol. The van der Waals surface area contributed by atoms with Gasteiger partial charge in [0.05, 0.1) is 26.8 Å². The predicted molar refractivity (Wildman–Crippen MR) is 110 cm³/mol. The Morgan fingerprint density at radius 3 is 2.71 bits per heavy atom. The van der Waals surface area contributed by atoms with E-state index in [-0.39, 0.29) is 24.4 Å². The number of ether oxygens (including phenoxy) is 2. The predicted octanol–water partition coefficient (Wildman–Crippen LogP) is 3.56. The number of amides is 2. The Bertz CT molecular complexity index is 871. The second-order valence-electron chi connectivity index (χ2n) is 6.55. The fourth-order valence-corrected chi connectivity index (χ4v) is 3.87. The third-order valence-electron chi connectivity index (χ3n) is 4.86. The number of methoxy groups -OCH3 is 2. The molecule has 0 spiro atoms. The van der Waals surface area contributed by atoms with Crippen LogP contribution in [0.2, 0.25) is 0 Å². The number of nitrogens with one attached hydrogen (secondary N) is 1. The SMILES string of the molecule is COc1ccc(C2CCCN2C(=O)CNC(=O)c2cccc(Br)c2)c(OC)c1. The van der Waals surface area contributed by atoms with Gasteiger partial charge in [0.15, 0.2) is 0 Å². The lowest BCUT2D eigenvalue weighted by Gasteiger charge is -2.26. The van der Waals surface area contributed by atoms with Gasteiger partial charge in [-0.2, -0.15) is 0 Å². The summed E-state index contributed by atoms with van der Waals surface area (Å²) >= 11 is 3.35. The lowest BCUT2D eigenvalue weighted by Crippen LogP contribution is -2.39. The van der Waals surface area contributed by atoms with E-state index in [0.717, 1.165) is 22.9 Å². The molecule has 1 fully saturated rings. The first-order chi connectivity index (χ1) is 13.5. The number of rotatable bonds is 6. The highest BCUT2D eigenvalue weighted by Crippen LogP contribution is 2.38. The Morgan fingerprint density at radius 2 is 2.00 bits per heavy atom. The summed E-state index contributed by atoms with van der Waals surface area (Å²) in [7, 11) is 3.21. The molecule has 2 amide bonds. The van der Waals surface area contributed by atoms with Crippen LogP contribution in [0.3, 0.4) is 0 Å². The maximum Gasteiger partial charge on any atom is 0.251 e. The van der Waals surface area contributed by atoms with Crippen molar-refractivity contribution in [3.05, 3.63) is 58.1 Å². The van der Waals surface area contributed by atoms with E-state index in [9.17, 15) is 9.59 Å². The zero-order valence-electron chi connectivity index (χ0n) is 15.9. The zero-order chi connectivity index (χ0) is 20.1. The van der Waals surface area contributed by atoms with Gasteiger partial charge in [0, 0.05) is 28.2 Å². The summed E-state index contributed by atoms with van der Waals surface area (Å²) in [4.78, 5) is 26.9. The summed E-state index contributed by atoms with van der Waals surface area (Å²) in [6.07, 6.45) is 1.76. The van der Waals surface area contributed by atoms with Crippen LogP contribution >= 0.6 is 15.9 Å². The Balaban J connectivity index is 1.69. The van der Waals surface area contributed by atoms with Gasteiger partial charge in [-0.15, -0.1) is 0 Å². The van der Waals surface area contributed by atoms with Crippen molar-refractivity contribution < 1.29 is 19.1 Å². The van der Waals surface area contributed by atoms with Gasteiger partial charge in [-0.3, -0.25) is 9.59 Å². The van der Waals surface area contributed by atoms with Crippen LogP contribution in [0.1, 0.15) is 34.8 Å². The number of benzene rings is 2. The molecule has 1 atom stereocenters. The van der Waals surface area contributed by atoms with Crippen molar-refractivity contribution in [3.63, 3.8) is 0 Å². The van der Waals surface area contributed by atoms with Gasteiger partial charge >= 0.3 is 0 Å². The van der Waals surface area contributed by atoms with Gasteiger partial charge in [0.1, 0.15) is 11.5 Å². The highest BCUT2D eigenvalue weighted by atomic mass is 79.9. The average Bonchev–Trinajstić information content (AvgIpc) is 3.20. The van der Waals surface area contributed by atoms with Gasteiger partial charge in [-0.1, -0.05) is 22.0 Å². The Labute approximate surface area is 172 Å². The van der Waals surface area contributed by atoms with Gasteiger partial charge in [0.2, 0.25) is 5.91 Å². The maximum atomic E-state index is 12.8. The fourth-order valence-electron chi connectivity index (χ4n) is 3.47. The smallest absolute Gasteiger partial charge is 0.251 e. The number of likely N-dealkylation sites (tertiary alicyclic amines) is 1. The van der Waals surface area contributed by atoms with Crippen LogP contribution in [0.15, 0.2) is 46.9 Å². The van der Waals surface area contributed by atoms with Crippen LogP contribution in [-0.4, -0.2) is 44.0 Å². The molecule has 0 bridgehead atoms. The van der Waals surface area contributed by atoms with Crippen molar-refractivity contribution in [1.82, 2.24) is 10.2 Å². The first kappa shape index (κ1) is 20.2. The first-order valence-electron chi connectivity index (χ1n) is 9.08. The van der Waals surface area contributed by atoms with Crippen LogP contribution in [0.4, 0.5) is 0 Å². The molecule has 6 nitrogen and oxygen atoms in total. The first-order valence-corrected chi connectivity index (χ1v) is 9.88. The number of carbonyl (C=O) groups is 2. The summed E-state index contributed by atoms with van der Waals surface area (Å²) in [6.45, 7) is 0.617. The summed E-state index contributed by atoms with van der Waals surface area (Å²) in [5.41, 5.74) is 1.46. The fraction of sp³-hybridized carbons (Fsp3) is 0.333. The van der Waals surface area contributed by atoms with Crippen molar-refractivity contribution in [2.24, 2.45) is 0 Å². The molecule has 0 aliphatic carbocycles. The van der Waals surface area contributed by atoms with E-state index < -0.39 is 0 Å². The van der Waals surface area contributed by atoms with Crippen molar-refractivity contribution in [1.29, 1.82) is 0 Å². The minimum atomic E-state index is -0.271. The van der Waals surface area contributed by atoms with E-state index in [1.165, 1.54) is 0 Å². The molecule has 1 heterocycles. The van der Waals surface area contributed by atoms with E-state index in [4.69, 9.17) is 9.47 Å². The van der Waals surface area contributed by atoms with Gasteiger partial charge in [0.25, 0.3) is 5.91 Å². The van der Waals surface area contributed by atoms with E-state index in [1.807, 2.05) is 29.2 Å². The van der Waals surface area contributed by atoms with E-state index >= 15 is 0 Å². The van der Waals surface area contributed by atoms with Crippen LogP contribution in [0.25, 0.3) is 0 Å². The largest absolute Gasteiger partial charge is 0.497 e. The van der Waals surface area contributed by atoms with E-state index in [1.54, 1.807) is 32.4 Å². The van der Waals surface area contributed by atoms with Crippen molar-refractivity contribution in [2.75, 3.05) is 27.3 Å². The lowest BCUT2D eigenvalue weighted by atomic mass is 10.0. The molecule has 1 unspecified atom stereocenters. The maximum absolute atomic E-state index is 12.8. The molecule has 2 aromatic carbocycles. The van der Waals surface area contributed by atoms with Gasteiger partial charge in [-0.25, -0.2) is 0 Å². The van der Waals surface area contributed by atoms with Crippen LogP contribution in [0.5, 0.6) is 11.5 Å². The molecule has 0 saturated carbocycles.